The van der Waals surface area contributed by atoms with Crippen molar-refractivity contribution in [2.75, 3.05) is 0 Å². The Morgan fingerprint density at radius 2 is 2.12 bits per heavy atom. The number of benzene rings is 1. The number of para-hydroxylation sites is 2. The number of halogens is 1. The van der Waals surface area contributed by atoms with E-state index in [1.54, 1.807) is 18.2 Å². The van der Waals surface area contributed by atoms with Gasteiger partial charge in [-0.05, 0) is 28.1 Å². The molecule has 0 aliphatic carbocycles. The second kappa shape index (κ2) is 4.72. The number of aromatic nitrogens is 1. The monoisotopic (exact) mass is 315 g/mol. The number of carbonyl (C=O) groups is 1. The summed E-state index contributed by atoms with van der Waals surface area (Å²) in [4.78, 5) is 14.7. The number of carboxylic acids is 1. The molecule has 0 fully saturated rings. The Labute approximate surface area is 108 Å². The van der Waals surface area contributed by atoms with E-state index in [4.69, 9.17) is 9.84 Å². The van der Waals surface area contributed by atoms with Crippen LogP contribution in [0.25, 0.3) is 0 Å². The molecule has 0 spiro atoms. The van der Waals surface area contributed by atoms with E-state index in [0.29, 0.717) is 0 Å². The van der Waals surface area contributed by atoms with Crippen molar-refractivity contribution in [1.29, 1.82) is 0 Å². The molecule has 2 rings (SSSR count). The maximum atomic E-state index is 10.8. The lowest BCUT2D eigenvalue weighted by atomic mass is 10.3. The van der Waals surface area contributed by atoms with Crippen LogP contribution in [0.15, 0.2) is 28.9 Å². The first-order valence-corrected chi connectivity index (χ1v) is 6.04. The third-order valence-corrected chi connectivity index (χ3v) is 3.58. The minimum Gasteiger partial charge on any atom is -0.504 e. The highest BCUT2D eigenvalue weighted by Gasteiger charge is 2.17. The normalized spacial score (nSPS) is 10.2. The number of nitrogens with zero attached hydrogens (tertiary/aromatic N) is 1. The molecule has 0 aliphatic heterocycles. The third kappa shape index (κ3) is 2.56. The zero-order valence-electron chi connectivity index (χ0n) is 8.25. The number of phenols is 1. The zero-order chi connectivity index (χ0) is 12.4. The summed E-state index contributed by atoms with van der Waals surface area (Å²) in [7, 11) is 0. The van der Waals surface area contributed by atoms with Gasteiger partial charge in [-0.1, -0.05) is 23.5 Å². The first kappa shape index (κ1) is 11.9. The van der Waals surface area contributed by atoms with E-state index in [1.165, 1.54) is 6.07 Å². The van der Waals surface area contributed by atoms with Gasteiger partial charge in [-0.25, -0.2) is 4.79 Å². The minimum absolute atomic E-state index is 0.0318. The van der Waals surface area contributed by atoms with Crippen LogP contribution in [0.1, 0.15) is 9.67 Å². The number of hydrogen-bond acceptors (Lipinski definition) is 5. The van der Waals surface area contributed by atoms with Gasteiger partial charge < -0.3 is 14.9 Å². The van der Waals surface area contributed by atoms with Crippen molar-refractivity contribution in [1.82, 2.24) is 4.98 Å². The van der Waals surface area contributed by atoms with Crippen LogP contribution in [0, 0.1) is 0 Å². The standard InChI is InChI=1S/C10H6BrNO4S/c11-8-7(9(14)15)17-10(12-8)16-6-4-2-1-3-5(6)13/h1-4,13H,(H,14,15). The molecule has 17 heavy (non-hydrogen) atoms. The maximum Gasteiger partial charge on any atom is 0.348 e. The van der Waals surface area contributed by atoms with Gasteiger partial charge in [0.1, 0.15) is 9.48 Å². The zero-order valence-corrected chi connectivity index (χ0v) is 10.7. The lowest BCUT2D eigenvalue weighted by molar-refractivity contribution is 0.0701. The first-order chi connectivity index (χ1) is 8.08. The fourth-order valence-corrected chi connectivity index (χ4v) is 2.45. The Balaban J connectivity index is 2.28. The molecule has 1 heterocycles. The molecule has 0 amide bonds. The van der Waals surface area contributed by atoms with Crippen molar-refractivity contribution in [2.45, 2.75) is 0 Å². The van der Waals surface area contributed by atoms with Gasteiger partial charge in [-0.3, -0.25) is 0 Å². The highest BCUT2D eigenvalue weighted by atomic mass is 79.9. The number of aromatic hydroxyl groups is 1. The summed E-state index contributed by atoms with van der Waals surface area (Å²) in [5.74, 6) is -0.886. The molecule has 2 aromatic rings. The summed E-state index contributed by atoms with van der Waals surface area (Å²) >= 11 is 3.91. The molecule has 0 unspecified atom stereocenters. The lowest BCUT2D eigenvalue weighted by Gasteiger charge is -2.02. The van der Waals surface area contributed by atoms with Gasteiger partial charge in [-0.2, -0.15) is 4.98 Å². The number of carboxylic acid groups (broad SMARTS) is 1. The average molecular weight is 316 g/mol. The van der Waals surface area contributed by atoms with E-state index < -0.39 is 5.97 Å². The first-order valence-electron chi connectivity index (χ1n) is 4.43. The van der Waals surface area contributed by atoms with Crippen LogP contribution in [-0.4, -0.2) is 21.2 Å². The van der Waals surface area contributed by atoms with Crippen LogP contribution >= 0.6 is 27.3 Å². The Bertz CT molecular complexity index is 569. The predicted octanol–water partition coefficient (Wildman–Crippen LogP) is 3.10. The number of hydrogen-bond donors (Lipinski definition) is 2. The van der Waals surface area contributed by atoms with Gasteiger partial charge in [0, 0.05) is 0 Å². The highest BCUT2D eigenvalue weighted by molar-refractivity contribution is 9.10. The summed E-state index contributed by atoms with van der Waals surface area (Å²) in [6.45, 7) is 0. The molecule has 0 saturated carbocycles. The second-order valence-corrected chi connectivity index (χ2v) is 4.69. The van der Waals surface area contributed by atoms with Crippen molar-refractivity contribution in [3.63, 3.8) is 0 Å². The molecular weight excluding hydrogens is 310 g/mol. The van der Waals surface area contributed by atoms with Crippen molar-refractivity contribution in [2.24, 2.45) is 0 Å². The van der Waals surface area contributed by atoms with Gasteiger partial charge >= 0.3 is 5.97 Å². The largest absolute Gasteiger partial charge is 0.504 e. The summed E-state index contributed by atoms with van der Waals surface area (Å²) in [6.07, 6.45) is 0. The number of aromatic carboxylic acids is 1. The molecule has 0 aliphatic rings. The molecule has 0 bridgehead atoms. The predicted molar refractivity (Wildman–Crippen MR) is 65.0 cm³/mol. The van der Waals surface area contributed by atoms with Gasteiger partial charge in [0.05, 0.1) is 0 Å². The van der Waals surface area contributed by atoms with Crippen LogP contribution < -0.4 is 4.74 Å². The van der Waals surface area contributed by atoms with E-state index in [2.05, 4.69) is 20.9 Å². The van der Waals surface area contributed by atoms with E-state index in [1.807, 2.05) is 0 Å². The van der Waals surface area contributed by atoms with Crippen LogP contribution in [0.3, 0.4) is 0 Å². The Morgan fingerprint density at radius 3 is 2.71 bits per heavy atom. The Hall–Kier alpha value is -1.60. The van der Waals surface area contributed by atoms with Crippen LogP contribution in [0.5, 0.6) is 16.7 Å². The quantitative estimate of drug-likeness (QED) is 0.909. The molecular formula is C10H6BrNO4S. The van der Waals surface area contributed by atoms with Crippen molar-refractivity contribution in [3.8, 4) is 16.7 Å². The Kier molecular flexibility index (Phi) is 3.30. The lowest BCUT2D eigenvalue weighted by Crippen LogP contribution is -1.91. The summed E-state index contributed by atoms with van der Waals surface area (Å²) in [5, 5.41) is 18.5. The smallest absolute Gasteiger partial charge is 0.348 e. The molecule has 1 aromatic heterocycles. The number of phenolic OH excluding ortho intramolecular Hbond substituents is 1. The molecule has 0 saturated heterocycles. The molecule has 0 atom stereocenters. The second-order valence-electron chi connectivity index (χ2n) is 2.97. The number of rotatable bonds is 3. The van der Waals surface area contributed by atoms with Crippen LogP contribution in [0.4, 0.5) is 0 Å². The van der Waals surface area contributed by atoms with Crippen LogP contribution in [0.2, 0.25) is 0 Å². The molecule has 0 radical (unpaired) electrons. The van der Waals surface area contributed by atoms with Crippen molar-refractivity contribution < 1.29 is 19.7 Å². The minimum atomic E-state index is -1.08. The van der Waals surface area contributed by atoms with Gasteiger partial charge in [0.25, 0.3) is 5.19 Å². The number of thiazole rings is 1. The SMILES string of the molecule is O=C(O)c1sc(Oc2ccccc2O)nc1Br. The molecule has 1 aromatic carbocycles. The van der Waals surface area contributed by atoms with Crippen molar-refractivity contribution >= 4 is 33.2 Å². The molecule has 5 nitrogen and oxygen atoms in total. The van der Waals surface area contributed by atoms with Crippen molar-refractivity contribution in [3.05, 3.63) is 33.7 Å². The number of ether oxygens (including phenoxy) is 1. The molecule has 2 N–H and O–H groups in total. The highest BCUT2D eigenvalue weighted by Crippen LogP contribution is 2.35. The van der Waals surface area contributed by atoms with Gasteiger partial charge in [-0.15, -0.1) is 0 Å². The average Bonchev–Trinajstić information content (AvgIpc) is 2.63. The van der Waals surface area contributed by atoms with E-state index in [-0.39, 0.29) is 26.2 Å². The Morgan fingerprint density at radius 1 is 1.41 bits per heavy atom. The summed E-state index contributed by atoms with van der Waals surface area (Å²) in [5.41, 5.74) is 0. The summed E-state index contributed by atoms with van der Waals surface area (Å²) < 4.78 is 5.49. The summed E-state index contributed by atoms with van der Waals surface area (Å²) in [6, 6.07) is 6.37. The fraction of sp³-hybridized carbons (Fsp3) is 0. The van der Waals surface area contributed by atoms with Gasteiger partial charge in [0.15, 0.2) is 11.5 Å². The van der Waals surface area contributed by atoms with E-state index in [0.717, 1.165) is 11.3 Å². The van der Waals surface area contributed by atoms with Gasteiger partial charge in [0.2, 0.25) is 0 Å². The fourth-order valence-electron chi connectivity index (χ4n) is 1.10. The van der Waals surface area contributed by atoms with E-state index >= 15 is 0 Å². The molecule has 7 heteroatoms. The topological polar surface area (TPSA) is 79.7 Å². The van der Waals surface area contributed by atoms with Crippen LogP contribution in [-0.2, 0) is 0 Å². The maximum absolute atomic E-state index is 10.8. The third-order valence-electron chi connectivity index (χ3n) is 1.82. The molecule has 88 valence electrons. The van der Waals surface area contributed by atoms with E-state index in [9.17, 15) is 9.90 Å².